The molecule has 2 unspecified atom stereocenters. The number of ether oxygens (including phenoxy) is 1. The molecule has 2 N–H and O–H groups in total. The van der Waals surface area contributed by atoms with Gasteiger partial charge in [-0.15, -0.1) is 0 Å². The topological polar surface area (TPSA) is 44.7 Å². The summed E-state index contributed by atoms with van der Waals surface area (Å²) in [5.41, 5.74) is 0. The summed E-state index contributed by atoms with van der Waals surface area (Å²) in [5, 5.41) is 13.8. The number of aliphatic hydroxyl groups is 1. The number of nitrogens with one attached hydrogen (secondary N) is 1. The van der Waals surface area contributed by atoms with Crippen LogP contribution in [0.25, 0.3) is 0 Å². The van der Waals surface area contributed by atoms with E-state index in [0.717, 1.165) is 43.9 Å². The molecule has 0 bridgehead atoms. The molecule has 4 fully saturated rings. The third-order valence-corrected chi connectivity index (χ3v) is 7.20. The fourth-order valence-electron chi connectivity index (χ4n) is 5.23. The summed E-state index contributed by atoms with van der Waals surface area (Å²) in [6.45, 7) is 4.52. The van der Waals surface area contributed by atoms with Crippen molar-refractivity contribution in [2.45, 2.75) is 94.9 Å². The van der Waals surface area contributed by atoms with Gasteiger partial charge in [0.15, 0.2) is 0 Å². The Morgan fingerprint density at radius 1 is 0.800 bits per heavy atom. The molecule has 4 heteroatoms. The fourth-order valence-corrected chi connectivity index (χ4v) is 5.23. The van der Waals surface area contributed by atoms with Crippen LogP contribution in [0.2, 0.25) is 0 Å². The van der Waals surface area contributed by atoms with E-state index in [-0.39, 0.29) is 6.10 Å². The Morgan fingerprint density at radius 2 is 1.44 bits per heavy atom. The van der Waals surface area contributed by atoms with Gasteiger partial charge in [0.1, 0.15) is 0 Å². The zero-order valence-electron chi connectivity index (χ0n) is 15.9. The smallest absolute Gasteiger partial charge is 0.0693 e. The van der Waals surface area contributed by atoms with Crippen molar-refractivity contribution >= 4 is 0 Å². The standard InChI is InChI=1S/C21H38N2O2/c24-21-3-1-2-20(21)22-18-10-12-23(13-11-18)19-8-6-17(7-9-19)15-25-14-16-4-5-16/h16-22,24H,1-15H2/t17-,19-,20?,21?. The van der Waals surface area contributed by atoms with Crippen LogP contribution < -0.4 is 5.32 Å². The minimum absolute atomic E-state index is 0.101. The maximum absolute atomic E-state index is 10.0. The fraction of sp³-hybridized carbons (Fsp3) is 1.00. The van der Waals surface area contributed by atoms with Crippen LogP contribution in [0.1, 0.15) is 70.6 Å². The first-order valence-electron chi connectivity index (χ1n) is 11.0. The Kier molecular flexibility index (Phi) is 6.33. The van der Waals surface area contributed by atoms with Crippen LogP contribution in [-0.2, 0) is 4.74 Å². The molecule has 144 valence electrons. The zero-order valence-corrected chi connectivity index (χ0v) is 15.9. The molecule has 0 aromatic heterocycles. The molecule has 4 rings (SSSR count). The van der Waals surface area contributed by atoms with Gasteiger partial charge in [-0.05, 0) is 95.6 Å². The Hall–Kier alpha value is -0.160. The SMILES string of the molecule is OC1CCCC1NC1CCN([C@H]2CC[C@H](COCC3CC3)CC2)CC1. The average molecular weight is 351 g/mol. The maximum Gasteiger partial charge on any atom is 0.0693 e. The van der Waals surface area contributed by atoms with E-state index >= 15 is 0 Å². The highest BCUT2D eigenvalue weighted by Crippen LogP contribution is 2.32. The molecule has 0 aromatic carbocycles. The summed E-state index contributed by atoms with van der Waals surface area (Å²) >= 11 is 0. The Balaban J connectivity index is 1.11. The molecule has 3 aliphatic carbocycles. The predicted molar refractivity (Wildman–Crippen MR) is 101 cm³/mol. The summed E-state index contributed by atoms with van der Waals surface area (Å²) in [4.78, 5) is 2.75. The van der Waals surface area contributed by atoms with Gasteiger partial charge in [0.25, 0.3) is 0 Å². The highest BCUT2D eigenvalue weighted by molar-refractivity contribution is 4.89. The van der Waals surface area contributed by atoms with E-state index in [2.05, 4.69) is 10.2 Å². The van der Waals surface area contributed by atoms with E-state index in [1.807, 2.05) is 0 Å². The van der Waals surface area contributed by atoms with Crippen molar-refractivity contribution in [3.05, 3.63) is 0 Å². The van der Waals surface area contributed by atoms with Crippen molar-refractivity contribution in [3.8, 4) is 0 Å². The first kappa shape index (κ1) is 18.2. The van der Waals surface area contributed by atoms with Crippen molar-refractivity contribution in [2.75, 3.05) is 26.3 Å². The molecule has 4 aliphatic rings. The molecule has 25 heavy (non-hydrogen) atoms. The molecule has 3 saturated carbocycles. The third-order valence-electron chi connectivity index (χ3n) is 7.20. The van der Waals surface area contributed by atoms with Gasteiger partial charge >= 0.3 is 0 Å². The number of piperidine rings is 1. The normalized spacial score (nSPS) is 38.3. The lowest BCUT2D eigenvalue weighted by Crippen LogP contribution is -2.51. The van der Waals surface area contributed by atoms with Crippen LogP contribution in [0, 0.1) is 11.8 Å². The van der Waals surface area contributed by atoms with E-state index in [9.17, 15) is 5.11 Å². The molecule has 0 radical (unpaired) electrons. The summed E-state index contributed by atoms with van der Waals surface area (Å²) in [6.07, 6.45) is 14.0. The van der Waals surface area contributed by atoms with E-state index in [4.69, 9.17) is 4.74 Å². The van der Waals surface area contributed by atoms with Crippen molar-refractivity contribution in [3.63, 3.8) is 0 Å². The highest BCUT2D eigenvalue weighted by Gasteiger charge is 2.32. The van der Waals surface area contributed by atoms with Gasteiger partial charge in [0.05, 0.1) is 6.10 Å². The molecule has 0 spiro atoms. The van der Waals surface area contributed by atoms with Gasteiger partial charge in [0.2, 0.25) is 0 Å². The Labute approximate surface area is 153 Å². The van der Waals surface area contributed by atoms with Crippen molar-refractivity contribution in [1.82, 2.24) is 10.2 Å². The van der Waals surface area contributed by atoms with Crippen molar-refractivity contribution in [1.29, 1.82) is 0 Å². The van der Waals surface area contributed by atoms with Crippen LogP contribution >= 0.6 is 0 Å². The summed E-state index contributed by atoms with van der Waals surface area (Å²) in [5.74, 6) is 1.72. The average Bonchev–Trinajstić information content (AvgIpc) is 3.38. The first-order chi connectivity index (χ1) is 12.3. The van der Waals surface area contributed by atoms with Gasteiger partial charge in [-0.25, -0.2) is 0 Å². The van der Waals surface area contributed by atoms with Gasteiger partial charge in [0, 0.05) is 31.3 Å². The second-order valence-corrected chi connectivity index (χ2v) is 9.24. The third kappa shape index (κ3) is 5.18. The molecule has 1 aliphatic heterocycles. The monoisotopic (exact) mass is 350 g/mol. The second-order valence-electron chi connectivity index (χ2n) is 9.24. The maximum atomic E-state index is 10.0. The van der Waals surface area contributed by atoms with E-state index in [1.54, 1.807) is 0 Å². The number of rotatable bonds is 7. The molecule has 0 amide bonds. The minimum Gasteiger partial charge on any atom is -0.392 e. The number of hydrogen-bond donors (Lipinski definition) is 2. The molecule has 4 nitrogen and oxygen atoms in total. The predicted octanol–water partition coefficient (Wildman–Crippen LogP) is 2.94. The molecular formula is C21H38N2O2. The molecule has 0 aromatic rings. The van der Waals surface area contributed by atoms with Gasteiger partial charge in [-0.2, -0.15) is 0 Å². The number of nitrogens with zero attached hydrogens (tertiary/aromatic N) is 1. The van der Waals surface area contributed by atoms with E-state index in [1.165, 1.54) is 70.9 Å². The molecular weight excluding hydrogens is 312 g/mol. The Bertz CT molecular complexity index is 399. The Morgan fingerprint density at radius 3 is 2.00 bits per heavy atom. The first-order valence-corrected chi connectivity index (χ1v) is 11.0. The lowest BCUT2D eigenvalue weighted by Gasteiger charge is -2.41. The van der Waals surface area contributed by atoms with Crippen LogP contribution in [0.4, 0.5) is 0 Å². The number of aliphatic hydroxyl groups excluding tert-OH is 1. The van der Waals surface area contributed by atoms with Crippen LogP contribution in [0.5, 0.6) is 0 Å². The zero-order chi connectivity index (χ0) is 17.1. The summed E-state index contributed by atoms with van der Waals surface area (Å²) in [6, 6.07) is 1.81. The van der Waals surface area contributed by atoms with E-state index in [0.29, 0.717) is 12.1 Å². The van der Waals surface area contributed by atoms with Crippen LogP contribution in [-0.4, -0.2) is 60.5 Å². The number of hydrogen-bond acceptors (Lipinski definition) is 4. The van der Waals surface area contributed by atoms with Gasteiger partial charge in [-0.1, -0.05) is 0 Å². The van der Waals surface area contributed by atoms with E-state index < -0.39 is 0 Å². The number of likely N-dealkylation sites (tertiary alicyclic amines) is 1. The van der Waals surface area contributed by atoms with Crippen molar-refractivity contribution < 1.29 is 9.84 Å². The largest absolute Gasteiger partial charge is 0.392 e. The second kappa shape index (κ2) is 8.69. The minimum atomic E-state index is -0.101. The molecule has 1 saturated heterocycles. The molecule has 2 atom stereocenters. The summed E-state index contributed by atoms with van der Waals surface area (Å²) < 4.78 is 5.92. The summed E-state index contributed by atoms with van der Waals surface area (Å²) in [7, 11) is 0. The van der Waals surface area contributed by atoms with Gasteiger partial charge < -0.3 is 20.1 Å². The van der Waals surface area contributed by atoms with Crippen LogP contribution in [0.3, 0.4) is 0 Å². The van der Waals surface area contributed by atoms with Crippen LogP contribution in [0.15, 0.2) is 0 Å². The lowest BCUT2D eigenvalue weighted by molar-refractivity contribution is 0.0496. The quantitative estimate of drug-likeness (QED) is 0.741. The van der Waals surface area contributed by atoms with Crippen molar-refractivity contribution in [2.24, 2.45) is 11.8 Å². The molecule has 1 heterocycles. The van der Waals surface area contributed by atoms with Gasteiger partial charge in [-0.3, -0.25) is 0 Å². The highest BCUT2D eigenvalue weighted by atomic mass is 16.5. The lowest BCUT2D eigenvalue weighted by atomic mass is 9.85.